The number of rotatable bonds is 8. The van der Waals surface area contributed by atoms with Crippen LogP contribution in [-0.2, 0) is 17.9 Å². The first kappa shape index (κ1) is 21.5. The number of hydrogen-bond donors (Lipinski definition) is 1. The number of hydrogen-bond acceptors (Lipinski definition) is 3. The summed E-state index contributed by atoms with van der Waals surface area (Å²) in [6, 6.07) is 15.0. The molecule has 1 atom stereocenters. The first-order valence-electron chi connectivity index (χ1n) is 10.4. The zero-order valence-electron chi connectivity index (χ0n) is 17.0. The number of nitrogens with zero attached hydrogens (tertiary/aromatic N) is 1. The third-order valence-electron chi connectivity index (χ3n) is 5.47. The van der Waals surface area contributed by atoms with E-state index >= 15 is 0 Å². The molecule has 1 amide bonds. The van der Waals surface area contributed by atoms with E-state index in [2.05, 4.69) is 35.3 Å². The van der Waals surface area contributed by atoms with Gasteiger partial charge in [-0.3, -0.25) is 14.5 Å². The van der Waals surface area contributed by atoms with Crippen molar-refractivity contribution in [1.29, 1.82) is 0 Å². The molecule has 1 unspecified atom stereocenters. The normalized spacial score (nSPS) is 17.1. The maximum atomic E-state index is 12.3. The van der Waals surface area contributed by atoms with Crippen molar-refractivity contribution in [2.24, 2.45) is 5.92 Å². The van der Waals surface area contributed by atoms with Gasteiger partial charge >= 0.3 is 0 Å². The molecule has 1 aliphatic heterocycles. The fraction of sp³-hybridized carbons (Fsp3) is 0.417. The van der Waals surface area contributed by atoms with Crippen LogP contribution in [0.2, 0.25) is 5.02 Å². The van der Waals surface area contributed by atoms with Crippen molar-refractivity contribution in [3.05, 3.63) is 70.2 Å². The summed E-state index contributed by atoms with van der Waals surface area (Å²) in [6.45, 7) is 5.99. The maximum absolute atomic E-state index is 12.3. The molecule has 2 aromatic carbocycles. The number of likely N-dealkylation sites (tertiary alicyclic amines) is 1. The summed E-state index contributed by atoms with van der Waals surface area (Å²) in [5.41, 5.74) is 2.99. The Morgan fingerprint density at radius 2 is 1.79 bits per heavy atom. The van der Waals surface area contributed by atoms with Gasteiger partial charge in [-0.05, 0) is 60.7 Å². The van der Waals surface area contributed by atoms with Crippen LogP contribution in [0.3, 0.4) is 0 Å². The van der Waals surface area contributed by atoms with E-state index in [4.69, 9.17) is 11.6 Å². The Morgan fingerprint density at radius 1 is 1.07 bits per heavy atom. The first-order chi connectivity index (χ1) is 14.0. The summed E-state index contributed by atoms with van der Waals surface area (Å²) >= 11 is 5.85. The second-order valence-electron chi connectivity index (χ2n) is 7.96. The molecular formula is C24H29ClN2O2. The van der Waals surface area contributed by atoms with E-state index in [1.165, 1.54) is 18.4 Å². The SMILES string of the molecule is CC1CCCN(Cc2ccccc2CNC(=O)CCC(=O)c2ccc(Cl)cc2)C1. The summed E-state index contributed by atoms with van der Waals surface area (Å²) in [4.78, 5) is 27.0. The number of benzene rings is 2. The van der Waals surface area contributed by atoms with Crippen LogP contribution in [0.5, 0.6) is 0 Å². The molecule has 2 aromatic rings. The minimum atomic E-state index is -0.103. The first-order valence-corrected chi connectivity index (χ1v) is 10.7. The van der Waals surface area contributed by atoms with Gasteiger partial charge in [-0.1, -0.05) is 42.8 Å². The van der Waals surface area contributed by atoms with Crippen LogP contribution in [0, 0.1) is 5.92 Å². The van der Waals surface area contributed by atoms with Crippen molar-refractivity contribution in [3.63, 3.8) is 0 Å². The van der Waals surface area contributed by atoms with Crippen LogP contribution in [-0.4, -0.2) is 29.7 Å². The van der Waals surface area contributed by atoms with E-state index in [9.17, 15) is 9.59 Å². The van der Waals surface area contributed by atoms with Gasteiger partial charge in [0.25, 0.3) is 0 Å². The number of carbonyl (C=O) groups is 2. The number of Topliss-reactive ketones (excluding diaryl/α,β-unsaturated/α-hetero) is 1. The van der Waals surface area contributed by atoms with Gasteiger partial charge in [0, 0.05) is 43.1 Å². The fourth-order valence-corrected chi connectivity index (χ4v) is 3.97. The predicted octanol–water partition coefficient (Wildman–Crippen LogP) is 4.85. The third kappa shape index (κ3) is 6.69. The van der Waals surface area contributed by atoms with Gasteiger partial charge in [0.15, 0.2) is 5.78 Å². The van der Waals surface area contributed by atoms with Gasteiger partial charge in [-0.25, -0.2) is 0 Å². The highest BCUT2D eigenvalue weighted by molar-refractivity contribution is 6.30. The molecule has 0 saturated carbocycles. The van der Waals surface area contributed by atoms with Crippen molar-refractivity contribution in [2.45, 2.75) is 45.7 Å². The zero-order chi connectivity index (χ0) is 20.6. The Balaban J connectivity index is 1.48. The summed E-state index contributed by atoms with van der Waals surface area (Å²) in [7, 11) is 0. The predicted molar refractivity (Wildman–Crippen MR) is 117 cm³/mol. The fourth-order valence-electron chi connectivity index (χ4n) is 3.84. The molecule has 0 spiro atoms. The number of carbonyl (C=O) groups excluding carboxylic acids is 2. The molecule has 1 saturated heterocycles. The van der Waals surface area contributed by atoms with Crippen LogP contribution in [0.25, 0.3) is 0 Å². The van der Waals surface area contributed by atoms with Gasteiger partial charge in [0.2, 0.25) is 5.91 Å². The average Bonchev–Trinajstić information content (AvgIpc) is 2.72. The molecule has 1 heterocycles. The molecule has 154 valence electrons. The average molecular weight is 413 g/mol. The minimum absolute atomic E-state index is 0.0450. The second kappa shape index (κ2) is 10.6. The van der Waals surface area contributed by atoms with E-state index in [0.717, 1.165) is 31.1 Å². The lowest BCUT2D eigenvalue weighted by Crippen LogP contribution is -2.34. The van der Waals surface area contributed by atoms with E-state index in [1.807, 2.05) is 6.07 Å². The number of nitrogens with one attached hydrogen (secondary N) is 1. The van der Waals surface area contributed by atoms with Gasteiger partial charge in [-0.2, -0.15) is 0 Å². The van der Waals surface area contributed by atoms with Crippen LogP contribution >= 0.6 is 11.6 Å². The summed E-state index contributed by atoms with van der Waals surface area (Å²) in [6.07, 6.45) is 2.94. The molecule has 0 bridgehead atoms. The van der Waals surface area contributed by atoms with Crippen molar-refractivity contribution < 1.29 is 9.59 Å². The highest BCUT2D eigenvalue weighted by atomic mass is 35.5. The summed E-state index contributed by atoms with van der Waals surface area (Å²) < 4.78 is 0. The molecule has 3 rings (SSSR count). The summed E-state index contributed by atoms with van der Waals surface area (Å²) in [5.74, 6) is 0.596. The quantitative estimate of drug-likeness (QED) is 0.630. The third-order valence-corrected chi connectivity index (χ3v) is 5.73. The minimum Gasteiger partial charge on any atom is -0.352 e. The molecule has 0 radical (unpaired) electrons. The smallest absolute Gasteiger partial charge is 0.220 e. The highest BCUT2D eigenvalue weighted by Crippen LogP contribution is 2.19. The van der Waals surface area contributed by atoms with Crippen LogP contribution in [0.15, 0.2) is 48.5 Å². The van der Waals surface area contributed by atoms with Crippen molar-refractivity contribution in [2.75, 3.05) is 13.1 Å². The largest absolute Gasteiger partial charge is 0.352 e. The lowest BCUT2D eigenvalue weighted by molar-refractivity contribution is -0.121. The van der Waals surface area contributed by atoms with E-state index in [-0.39, 0.29) is 24.5 Å². The van der Waals surface area contributed by atoms with Gasteiger partial charge in [-0.15, -0.1) is 0 Å². The Labute approximate surface area is 178 Å². The molecule has 4 nitrogen and oxygen atoms in total. The molecule has 29 heavy (non-hydrogen) atoms. The van der Waals surface area contributed by atoms with Gasteiger partial charge in [0.05, 0.1) is 0 Å². The standard InChI is InChI=1S/C24H29ClN2O2/c1-18-5-4-14-27(16-18)17-21-7-3-2-6-20(21)15-26-24(29)13-12-23(28)19-8-10-22(25)11-9-19/h2-3,6-11,18H,4-5,12-17H2,1H3,(H,26,29). The molecule has 0 aliphatic carbocycles. The molecule has 1 N–H and O–H groups in total. The number of piperidine rings is 1. The Hall–Kier alpha value is -2.17. The van der Waals surface area contributed by atoms with Crippen molar-refractivity contribution in [3.8, 4) is 0 Å². The van der Waals surface area contributed by atoms with Crippen LogP contribution in [0.4, 0.5) is 0 Å². The summed E-state index contributed by atoms with van der Waals surface area (Å²) in [5, 5.41) is 3.56. The molecule has 1 fully saturated rings. The maximum Gasteiger partial charge on any atom is 0.220 e. The van der Waals surface area contributed by atoms with Crippen LogP contribution in [0.1, 0.15) is 54.1 Å². The number of amides is 1. The highest BCUT2D eigenvalue weighted by Gasteiger charge is 2.17. The van der Waals surface area contributed by atoms with E-state index in [1.54, 1.807) is 24.3 Å². The Bertz CT molecular complexity index is 835. The van der Waals surface area contributed by atoms with E-state index in [0.29, 0.717) is 17.1 Å². The topological polar surface area (TPSA) is 49.4 Å². The number of ketones is 1. The van der Waals surface area contributed by atoms with Crippen LogP contribution < -0.4 is 5.32 Å². The molecule has 0 aromatic heterocycles. The van der Waals surface area contributed by atoms with E-state index < -0.39 is 0 Å². The monoisotopic (exact) mass is 412 g/mol. The molecule has 5 heteroatoms. The van der Waals surface area contributed by atoms with Crippen molar-refractivity contribution in [1.82, 2.24) is 10.2 Å². The van der Waals surface area contributed by atoms with Gasteiger partial charge < -0.3 is 5.32 Å². The Kier molecular flexibility index (Phi) is 7.84. The lowest BCUT2D eigenvalue weighted by atomic mass is 9.99. The molecular weight excluding hydrogens is 384 g/mol. The van der Waals surface area contributed by atoms with Crippen molar-refractivity contribution >= 4 is 23.3 Å². The second-order valence-corrected chi connectivity index (χ2v) is 8.39. The zero-order valence-corrected chi connectivity index (χ0v) is 17.8. The molecule has 1 aliphatic rings. The lowest BCUT2D eigenvalue weighted by Gasteiger charge is -2.31. The van der Waals surface area contributed by atoms with Gasteiger partial charge in [0.1, 0.15) is 0 Å². The number of halogens is 1. The Morgan fingerprint density at radius 3 is 2.52 bits per heavy atom.